The summed E-state index contributed by atoms with van der Waals surface area (Å²) < 4.78 is 0. The van der Waals surface area contributed by atoms with Crippen LogP contribution in [0.1, 0.15) is 26.2 Å². The zero-order valence-corrected chi connectivity index (χ0v) is 10.9. The van der Waals surface area contributed by atoms with E-state index in [9.17, 15) is 9.59 Å². The lowest BCUT2D eigenvalue weighted by Gasteiger charge is -2.25. The number of aromatic nitrogens is 1. The van der Waals surface area contributed by atoms with Gasteiger partial charge >= 0.3 is 0 Å². The molecule has 1 atom stereocenters. The molecule has 0 aliphatic carbocycles. The fraction of sp³-hybridized carbons (Fsp3) is 0.462. The van der Waals surface area contributed by atoms with E-state index in [1.54, 1.807) is 17.0 Å². The van der Waals surface area contributed by atoms with Gasteiger partial charge in [-0.2, -0.15) is 0 Å². The van der Waals surface area contributed by atoms with Crippen molar-refractivity contribution < 1.29 is 9.59 Å². The number of nitrogen functional groups attached to an aromatic ring is 1. The van der Waals surface area contributed by atoms with Gasteiger partial charge in [0.25, 0.3) is 0 Å². The molecule has 6 heteroatoms. The van der Waals surface area contributed by atoms with Gasteiger partial charge in [-0.1, -0.05) is 6.92 Å². The van der Waals surface area contributed by atoms with E-state index >= 15 is 0 Å². The fourth-order valence-electron chi connectivity index (χ4n) is 2.25. The minimum absolute atomic E-state index is 0.0532. The van der Waals surface area contributed by atoms with Crippen molar-refractivity contribution in [3.63, 3.8) is 0 Å². The van der Waals surface area contributed by atoms with Crippen LogP contribution in [-0.4, -0.2) is 34.3 Å². The summed E-state index contributed by atoms with van der Waals surface area (Å²) in [5.41, 5.74) is 6.07. The van der Waals surface area contributed by atoms with E-state index in [2.05, 4.69) is 10.3 Å². The second kappa shape index (κ2) is 5.69. The Kier molecular flexibility index (Phi) is 3.99. The molecule has 1 aliphatic heterocycles. The Labute approximate surface area is 112 Å². The van der Waals surface area contributed by atoms with E-state index in [0.717, 1.165) is 6.42 Å². The summed E-state index contributed by atoms with van der Waals surface area (Å²) in [6.07, 6.45) is 3.46. The van der Waals surface area contributed by atoms with E-state index in [-0.39, 0.29) is 11.8 Å². The lowest BCUT2D eigenvalue weighted by molar-refractivity contribution is -0.135. The molecule has 0 spiro atoms. The van der Waals surface area contributed by atoms with Gasteiger partial charge in [-0.25, -0.2) is 4.98 Å². The molecule has 2 amide bonds. The van der Waals surface area contributed by atoms with Gasteiger partial charge in [-0.05, 0) is 25.0 Å². The van der Waals surface area contributed by atoms with Crippen molar-refractivity contribution in [2.45, 2.75) is 32.2 Å². The first-order valence-corrected chi connectivity index (χ1v) is 6.43. The molecule has 0 bridgehead atoms. The third kappa shape index (κ3) is 3.01. The zero-order valence-electron chi connectivity index (χ0n) is 10.9. The molecule has 0 radical (unpaired) electrons. The highest BCUT2D eigenvalue weighted by Gasteiger charge is 2.31. The summed E-state index contributed by atoms with van der Waals surface area (Å²) in [7, 11) is 0. The van der Waals surface area contributed by atoms with Crippen molar-refractivity contribution in [1.82, 2.24) is 9.88 Å². The summed E-state index contributed by atoms with van der Waals surface area (Å²) >= 11 is 0. The highest BCUT2D eigenvalue weighted by Crippen LogP contribution is 2.17. The molecule has 1 aliphatic rings. The molecule has 1 aromatic heterocycles. The van der Waals surface area contributed by atoms with Crippen LogP contribution in [-0.2, 0) is 9.59 Å². The Morgan fingerprint density at radius 2 is 2.37 bits per heavy atom. The van der Waals surface area contributed by atoms with Crippen molar-refractivity contribution >= 4 is 23.3 Å². The summed E-state index contributed by atoms with van der Waals surface area (Å²) in [4.78, 5) is 29.5. The summed E-state index contributed by atoms with van der Waals surface area (Å²) in [5, 5.41) is 2.77. The van der Waals surface area contributed by atoms with Crippen LogP contribution >= 0.6 is 0 Å². The van der Waals surface area contributed by atoms with E-state index < -0.39 is 6.04 Å². The van der Waals surface area contributed by atoms with Crippen LogP contribution in [0.5, 0.6) is 0 Å². The number of rotatable bonds is 4. The lowest BCUT2D eigenvalue weighted by atomic mass is 10.2. The highest BCUT2D eigenvalue weighted by atomic mass is 16.2. The first-order chi connectivity index (χ1) is 9.11. The molecule has 1 unspecified atom stereocenters. The Balaban J connectivity index is 2.04. The number of pyridine rings is 1. The monoisotopic (exact) mass is 262 g/mol. The number of hydrogen-bond donors (Lipinski definition) is 2. The fourth-order valence-corrected chi connectivity index (χ4v) is 2.25. The van der Waals surface area contributed by atoms with Gasteiger partial charge < -0.3 is 16.0 Å². The number of nitrogens with zero attached hydrogens (tertiary/aromatic N) is 2. The number of nitrogens with two attached hydrogens (primary N) is 1. The maximum Gasteiger partial charge on any atom is 0.247 e. The second-order valence-corrected chi connectivity index (χ2v) is 4.58. The number of nitrogens with one attached hydrogen (secondary N) is 1. The van der Waals surface area contributed by atoms with E-state index in [4.69, 9.17) is 5.73 Å². The van der Waals surface area contributed by atoms with Crippen LogP contribution in [0.3, 0.4) is 0 Å². The topological polar surface area (TPSA) is 88.3 Å². The van der Waals surface area contributed by atoms with Gasteiger partial charge in [0, 0.05) is 13.0 Å². The molecule has 0 saturated carbocycles. The number of likely N-dealkylation sites (tertiary alicyclic amines) is 1. The molecule has 3 N–H and O–H groups in total. The predicted molar refractivity (Wildman–Crippen MR) is 72.3 cm³/mol. The largest absolute Gasteiger partial charge is 0.384 e. The summed E-state index contributed by atoms with van der Waals surface area (Å²) in [6, 6.07) is 2.91. The molecule has 0 aromatic carbocycles. The van der Waals surface area contributed by atoms with E-state index in [1.807, 2.05) is 6.92 Å². The maximum absolute atomic E-state index is 12.2. The molecular formula is C13H18N4O2. The molecule has 6 nitrogen and oxygen atoms in total. The number of carbonyl (C=O) groups is 2. The van der Waals surface area contributed by atoms with E-state index in [1.165, 1.54) is 6.20 Å². The molecule has 1 saturated heterocycles. The lowest BCUT2D eigenvalue weighted by Crippen LogP contribution is -2.44. The third-order valence-electron chi connectivity index (χ3n) is 3.23. The average molecular weight is 262 g/mol. The van der Waals surface area contributed by atoms with Crippen molar-refractivity contribution in [1.29, 1.82) is 0 Å². The standard InChI is InChI=1S/C13H18N4O2/c1-2-10(17-7-3-4-12(17)18)13(19)16-9-5-6-11(14)15-8-9/h5-6,8,10H,2-4,7H2,1H3,(H2,14,15)(H,16,19). The Morgan fingerprint density at radius 3 is 2.89 bits per heavy atom. The first-order valence-electron chi connectivity index (χ1n) is 6.43. The minimum atomic E-state index is -0.410. The quantitative estimate of drug-likeness (QED) is 0.847. The van der Waals surface area contributed by atoms with Gasteiger partial charge in [0.05, 0.1) is 11.9 Å². The number of amides is 2. The summed E-state index contributed by atoms with van der Waals surface area (Å²) in [6.45, 7) is 2.56. The van der Waals surface area contributed by atoms with Gasteiger partial charge in [0.15, 0.2) is 0 Å². The van der Waals surface area contributed by atoms with Gasteiger partial charge in [0.1, 0.15) is 11.9 Å². The van der Waals surface area contributed by atoms with Gasteiger partial charge in [0.2, 0.25) is 11.8 Å². The highest BCUT2D eigenvalue weighted by molar-refractivity contribution is 5.97. The van der Waals surface area contributed by atoms with Gasteiger partial charge in [-0.15, -0.1) is 0 Å². The third-order valence-corrected chi connectivity index (χ3v) is 3.23. The van der Waals surface area contributed by atoms with Crippen molar-refractivity contribution in [2.75, 3.05) is 17.6 Å². The first kappa shape index (κ1) is 13.3. The normalized spacial score (nSPS) is 16.5. The number of hydrogen-bond acceptors (Lipinski definition) is 4. The zero-order chi connectivity index (χ0) is 13.8. The molecule has 2 heterocycles. The summed E-state index contributed by atoms with van der Waals surface area (Å²) in [5.74, 6) is 0.279. The van der Waals surface area contributed by atoms with Crippen molar-refractivity contribution in [3.05, 3.63) is 18.3 Å². The Morgan fingerprint density at radius 1 is 1.58 bits per heavy atom. The maximum atomic E-state index is 12.2. The molecule has 1 aromatic rings. The van der Waals surface area contributed by atoms with Gasteiger partial charge in [-0.3, -0.25) is 9.59 Å². The molecule has 19 heavy (non-hydrogen) atoms. The SMILES string of the molecule is CCC(C(=O)Nc1ccc(N)nc1)N1CCCC1=O. The van der Waals surface area contributed by atoms with Crippen LogP contribution in [0, 0.1) is 0 Å². The van der Waals surface area contributed by atoms with Crippen LogP contribution in [0.25, 0.3) is 0 Å². The predicted octanol–water partition coefficient (Wildman–Crippen LogP) is 1.00. The van der Waals surface area contributed by atoms with Crippen LogP contribution < -0.4 is 11.1 Å². The molecule has 2 rings (SSSR count). The van der Waals surface area contributed by atoms with E-state index in [0.29, 0.717) is 30.9 Å². The van der Waals surface area contributed by atoms with Crippen LogP contribution in [0.4, 0.5) is 11.5 Å². The number of carbonyl (C=O) groups excluding carboxylic acids is 2. The molecule has 102 valence electrons. The molecular weight excluding hydrogens is 244 g/mol. The average Bonchev–Trinajstić information content (AvgIpc) is 2.80. The van der Waals surface area contributed by atoms with Crippen LogP contribution in [0.2, 0.25) is 0 Å². The number of anilines is 2. The minimum Gasteiger partial charge on any atom is -0.384 e. The van der Waals surface area contributed by atoms with Crippen LogP contribution in [0.15, 0.2) is 18.3 Å². The Bertz CT molecular complexity index is 472. The van der Waals surface area contributed by atoms with Crippen molar-refractivity contribution in [2.24, 2.45) is 0 Å². The molecule has 1 fully saturated rings. The smallest absolute Gasteiger partial charge is 0.247 e. The Hall–Kier alpha value is -2.11. The second-order valence-electron chi connectivity index (χ2n) is 4.58. The van der Waals surface area contributed by atoms with Crippen molar-refractivity contribution in [3.8, 4) is 0 Å².